The summed E-state index contributed by atoms with van der Waals surface area (Å²) in [4.78, 5) is 27.1. The van der Waals surface area contributed by atoms with E-state index in [9.17, 15) is 57.2 Å². The van der Waals surface area contributed by atoms with E-state index in [0.717, 1.165) is 24.3 Å². The molecule has 2 aromatic rings. The summed E-state index contributed by atoms with van der Waals surface area (Å²) in [5.74, 6) is -6.24. The standard InChI is InChI=1S/C28H25F8NO6S2/c29-19-3-5-20(6-4-19)45(42,43)25-18(15-38)14-21(24(39)37-9-11-44(40,41)12-10-37)23(25)7-1-16-13-17(2-8-22(16)25)26(30,27(31,32)33)28(34,35)36/h2-6,8,13,15,18,21,23H,1,7,9-12,14H2/t18?,21-,23+,25+/m1/s1. The molecule has 1 unspecified atom stereocenters. The summed E-state index contributed by atoms with van der Waals surface area (Å²) in [7, 11) is -8.31. The summed E-state index contributed by atoms with van der Waals surface area (Å²) in [6, 6.07) is 4.46. The van der Waals surface area contributed by atoms with Crippen LogP contribution in [0.2, 0.25) is 0 Å². The molecule has 4 atom stereocenters. The number of benzene rings is 2. The van der Waals surface area contributed by atoms with E-state index in [-0.39, 0.29) is 55.4 Å². The van der Waals surface area contributed by atoms with Crippen LogP contribution in [0.3, 0.4) is 0 Å². The summed E-state index contributed by atoms with van der Waals surface area (Å²) >= 11 is 0. The molecule has 1 heterocycles. The average molecular weight is 688 g/mol. The smallest absolute Gasteiger partial charge is 0.340 e. The van der Waals surface area contributed by atoms with Crippen LogP contribution in [0.4, 0.5) is 35.1 Å². The second-order valence-electron chi connectivity index (χ2n) is 11.5. The first-order chi connectivity index (χ1) is 20.7. The number of hydrogen-bond donors (Lipinski definition) is 0. The van der Waals surface area contributed by atoms with Gasteiger partial charge in [0.15, 0.2) is 19.7 Å². The Morgan fingerprint density at radius 3 is 2.04 bits per heavy atom. The quantitative estimate of drug-likeness (QED) is 0.262. The lowest BCUT2D eigenvalue weighted by molar-refractivity contribution is -0.348. The number of rotatable bonds is 5. The molecular formula is C28H25F8NO6S2. The van der Waals surface area contributed by atoms with Gasteiger partial charge in [-0.15, -0.1) is 0 Å². The van der Waals surface area contributed by atoms with E-state index >= 15 is 4.39 Å². The molecule has 0 aromatic heterocycles. The third-order valence-electron chi connectivity index (χ3n) is 9.23. The second-order valence-corrected chi connectivity index (χ2v) is 15.9. The van der Waals surface area contributed by atoms with E-state index in [0.29, 0.717) is 12.1 Å². The number of halogens is 8. The number of amides is 1. The predicted molar refractivity (Wildman–Crippen MR) is 141 cm³/mol. The van der Waals surface area contributed by atoms with Crippen LogP contribution >= 0.6 is 0 Å². The highest BCUT2D eigenvalue weighted by Crippen LogP contribution is 2.62. The zero-order valence-corrected chi connectivity index (χ0v) is 24.7. The summed E-state index contributed by atoms with van der Waals surface area (Å²) in [5, 5.41) is 0. The molecule has 0 N–H and O–H groups in total. The van der Waals surface area contributed by atoms with E-state index in [1.54, 1.807) is 0 Å². The molecule has 0 bridgehead atoms. The van der Waals surface area contributed by atoms with Crippen molar-refractivity contribution in [2.24, 2.45) is 17.8 Å². The molecule has 0 spiro atoms. The van der Waals surface area contributed by atoms with Crippen LogP contribution in [0.5, 0.6) is 0 Å². The topological polar surface area (TPSA) is 106 Å². The number of aryl methyl sites for hydroxylation is 1. The third kappa shape index (κ3) is 4.95. The first-order valence-electron chi connectivity index (χ1n) is 13.6. The Hall–Kier alpha value is -3.08. The number of alkyl halides is 7. The number of hydrogen-bond acceptors (Lipinski definition) is 6. The molecule has 3 aliphatic rings. The molecule has 17 heteroatoms. The van der Waals surface area contributed by atoms with Crippen LogP contribution in [-0.2, 0) is 46.1 Å². The van der Waals surface area contributed by atoms with Crippen molar-refractivity contribution >= 4 is 31.9 Å². The fourth-order valence-corrected chi connectivity index (χ4v) is 11.0. The van der Waals surface area contributed by atoms with Crippen molar-refractivity contribution in [3.8, 4) is 0 Å². The molecule has 1 saturated carbocycles. The van der Waals surface area contributed by atoms with Crippen LogP contribution in [0.1, 0.15) is 29.5 Å². The Bertz CT molecular complexity index is 1710. The van der Waals surface area contributed by atoms with Gasteiger partial charge in [0.1, 0.15) is 16.9 Å². The molecule has 1 saturated heterocycles. The monoisotopic (exact) mass is 687 g/mol. The summed E-state index contributed by atoms with van der Waals surface area (Å²) < 4.78 is 161. The van der Waals surface area contributed by atoms with Gasteiger partial charge < -0.3 is 9.69 Å². The first-order valence-corrected chi connectivity index (χ1v) is 16.9. The van der Waals surface area contributed by atoms with Gasteiger partial charge in [-0.3, -0.25) is 4.79 Å². The fourth-order valence-electron chi connectivity index (χ4n) is 7.15. The van der Waals surface area contributed by atoms with Crippen LogP contribution in [0.25, 0.3) is 0 Å². The maximum Gasteiger partial charge on any atom is 0.435 e. The Balaban J connectivity index is 1.72. The lowest BCUT2D eigenvalue weighted by Gasteiger charge is -2.44. The van der Waals surface area contributed by atoms with Gasteiger partial charge in [-0.05, 0) is 60.6 Å². The van der Waals surface area contributed by atoms with Gasteiger partial charge in [0.05, 0.1) is 16.4 Å². The van der Waals surface area contributed by atoms with Gasteiger partial charge in [0.2, 0.25) is 5.91 Å². The van der Waals surface area contributed by atoms with Crippen molar-refractivity contribution in [1.29, 1.82) is 0 Å². The van der Waals surface area contributed by atoms with Crippen molar-refractivity contribution < 1.29 is 61.5 Å². The number of carbonyl (C=O) groups excluding carboxylic acids is 2. The molecule has 1 aliphatic heterocycles. The van der Waals surface area contributed by atoms with Gasteiger partial charge in [-0.2, -0.15) is 26.3 Å². The predicted octanol–water partition coefficient (Wildman–Crippen LogP) is 4.44. The molecule has 0 radical (unpaired) electrons. The van der Waals surface area contributed by atoms with Gasteiger partial charge in [-0.25, -0.2) is 25.6 Å². The highest BCUT2D eigenvalue weighted by atomic mass is 32.2. The minimum Gasteiger partial charge on any atom is -0.340 e. The molecule has 45 heavy (non-hydrogen) atoms. The van der Waals surface area contributed by atoms with E-state index in [1.165, 1.54) is 4.90 Å². The summed E-state index contributed by atoms with van der Waals surface area (Å²) in [6.07, 6.45) is -13.7. The number of nitrogens with zero attached hydrogens (tertiary/aromatic N) is 1. The Labute approximate surface area is 252 Å². The minimum absolute atomic E-state index is 0.177. The summed E-state index contributed by atoms with van der Waals surface area (Å²) in [5.41, 5.74) is -8.40. The van der Waals surface area contributed by atoms with Crippen LogP contribution in [0, 0.1) is 23.6 Å². The molecule has 7 nitrogen and oxygen atoms in total. The third-order valence-corrected chi connectivity index (χ3v) is 13.4. The lowest BCUT2D eigenvalue weighted by Crippen LogP contribution is -2.52. The number of fused-ring (bicyclic) bond motifs is 3. The molecule has 246 valence electrons. The van der Waals surface area contributed by atoms with Gasteiger partial charge in [-0.1, -0.05) is 18.2 Å². The van der Waals surface area contributed by atoms with Crippen LogP contribution in [-0.4, -0.2) is 70.9 Å². The highest BCUT2D eigenvalue weighted by molar-refractivity contribution is 7.92. The second kappa shape index (κ2) is 10.7. The van der Waals surface area contributed by atoms with Crippen molar-refractivity contribution in [1.82, 2.24) is 4.90 Å². The van der Waals surface area contributed by atoms with Gasteiger partial charge in [0, 0.05) is 30.5 Å². The molecular weight excluding hydrogens is 662 g/mol. The zero-order chi connectivity index (χ0) is 33.4. The minimum atomic E-state index is -6.44. The van der Waals surface area contributed by atoms with Gasteiger partial charge >= 0.3 is 18.0 Å². The SMILES string of the molecule is O=CC1C[C@@H](C(=O)N2CCS(=O)(=O)CC2)[C@@H]2CCc3cc(C(F)(C(F)(F)F)C(F)(F)F)ccc3[C@@]12S(=O)(=O)c1ccc(F)cc1. The van der Waals surface area contributed by atoms with Crippen molar-refractivity contribution in [2.75, 3.05) is 24.6 Å². The zero-order valence-electron chi connectivity index (χ0n) is 23.0. The van der Waals surface area contributed by atoms with E-state index in [2.05, 4.69) is 0 Å². The van der Waals surface area contributed by atoms with E-state index in [1.807, 2.05) is 0 Å². The normalized spacial score (nSPS) is 27.0. The highest BCUT2D eigenvalue weighted by Gasteiger charge is 2.74. The summed E-state index contributed by atoms with van der Waals surface area (Å²) in [6.45, 7) is -0.414. The maximum absolute atomic E-state index is 15.0. The maximum atomic E-state index is 15.0. The molecule has 1 amide bonds. The number of carbonyl (C=O) groups is 2. The lowest BCUT2D eigenvalue weighted by atomic mass is 9.70. The van der Waals surface area contributed by atoms with Crippen LogP contribution in [0.15, 0.2) is 47.4 Å². The van der Waals surface area contributed by atoms with Crippen molar-refractivity contribution in [3.63, 3.8) is 0 Å². The average Bonchev–Trinajstić information content (AvgIpc) is 3.31. The Morgan fingerprint density at radius 2 is 1.51 bits per heavy atom. The van der Waals surface area contributed by atoms with E-state index < -0.39 is 94.4 Å². The van der Waals surface area contributed by atoms with Crippen molar-refractivity contribution in [2.45, 2.75) is 46.9 Å². The molecule has 2 fully saturated rings. The molecule has 2 aliphatic carbocycles. The Morgan fingerprint density at radius 1 is 0.933 bits per heavy atom. The van der Waals surface area contributed by atoms with Crippen molar-refractivity contribution in [3.05, 3.63) is 65.0 Å². The van der Waals surface area contributed by atoms with E-state index in [4.69, 9.17) is 0 Å². The largest absolute Gasteiger partial charge is 0.435 e. The van der Waals surface area contributed by atoms with Crippen LogP contribution < -0.4 is 0 Å². The number of sulfone groups is 2. The fraction of sp³-hybridized carbons (Fsp3) is 0.500. The number of aldehydes is 1. The Kier molecular flexibility index (Phi) is 7.95. The molecule has 2 aromatic carbocycles. The molecule has 5 rings (SSSR count). The first kappa shape index (κ1) is 33.3. The van der Waals surface area contributed by atoms with Gasteiger partial charge in [0.25, 0.3) is 0 Å².